The number of carbonyl (C=O) groups is 3. The van der Waals surface area contributed by atoms with Gasteiger partial charge in [0.1, 0.15) is 0 Å². The van der Waals surface area contributed by atoms with Crippen LogP contribution in [0.2, 0.25) is 0 Å². The number of benzene rings is 3. The summed E-state index contributed by atoms with van der Waals surface area (Å²) in [4.78, 5) is 40.4. The number of fused-ring (bicyclic) bond motifs is 1. The van der Waals surface area contributed by atoms with Crippen molar-refractivity contribution in [2.75, 3.05) is 0 Å². The highest BCUT2D eigenvalue weighted by atomic mass is 19.4. The van der Waals surface area contributed by atoms with Crippen LogP contribution in [0.1, 0.15) is 49.4 Å². The van der Waals surface area contributed by atoms with Crippen LogP contribution in [0, 0.1) is 0 Å². The van der Waals surface area contributed by atoms with Crippen LogP contribution in [0.15, 0.2) is 72.9 Å². The number of aromatic nitrogens is 1. The smallest absolute Gasteiger partial charge is 0.416 e. The van der Waals surface area contributed by atoms with Gasteiger partial charge in [0, 0.05) is 35.5 Å². The van der Waals surface area contributed by atoms with E-state index in [0.29, 0.717) is 17.7 Å². The van der Waals surface area contributed by atoms with Gasteiger partial charge in [0.25, 0.3) is 5.91 Å². The molecule has 3 aromatic carbocycles. The summed E-state index contributed by atoms with van der Waals surface area (Å²) in [7, 11) is 0. The molecule has 1 atom stereocenters. The number of carbonyl (C=O) groups excluding carboxylic acids is 2. The van der Waals surface area contributed by atoms with Crippen molar-refractivity contribution < 1.29 is 45.8 Å². The van der Waals surface area contributed by atoms with E-state index in [9.17, 15) is 40.7 Å². The lowest BCUT2D eigenvalue weighted by Crippen LogP contribution is -2.42. The van der Waals surface area contributed by atoms with Crippen LogP contribution >= 0.6 is 0 Å². The monoisotopic (exact) mass is 576 g/mol. The first-order valence-corrected chi connectivity index (χ1v) is 12.2. The molecule has 0 fully saturated rings. The molecule has 0 spiro atoms. The molecular weight excluding hydrogens is 554 g/mol. The van der Waals surface area contributed by atoms with Crippen molar-refractivity contribution in [1.82, 2.24) is 10.3 Å². The number of hydrogen-bond acceptors (Lipinski definition) is 3. The van der Waals surface area contributed by atoms with E-state index in [2.05, 4.69) is 10.3 Å². The molecular formula is C29H22F6N2O4. The molecule has 12 heteroatoms. The highest BCUT2D eigenvalue weighted by Crippen LogP contribution is 2.36. The molecule has 0 aliphatic rings. The van der Waals surface area contributed by atoms with Crippen molar-refractivity contribution in [1.29, 1.82) is 0 Å². The van der Waals surface area contributed by atoms with Crippen molar-refractivity contribution in [3.8, 4) is 0 Å². The lowest BCUT2D eigenvalue weighted by atomic mass is 9.95. The maximum absolute atomic E-state index is 13.3. The van der Waals surface area contributed by atoms with Gasteiger partial charge in [-0.1, -0.05) is 18.2 Å². The predicted octanol–water partition coefficient (Wildman–Crippen LogP) is 6.45. The molecule has 0 bridgehead atoms. The van der Waals surface area contributed by atoms with E-state index >= 15 is 0 Å². The summed E-state index contributed by atoms with van der Waals surface area (Å²) >= 11 is 0. The maximum Gasteiger partial charge on any atom is 0.416 e. The van der Waals surface area contributed by atoms with Crippen LogP contribution in [-0.2, 0) is 30.0 Å². The van der Waals surface area contributed by atoms with Crippen molar-refractivity contribution in [3.05, 3.63) is 106 Å². The molecule has 4 aromatic rings. The fraction of sp³-hybridized carbons (Fsp3) is 0.207. The third kappa shape index (κ3) is 7.13. The number of rotatable bonds is 9. The van der Waals surface area contributed by atoms with Gasteiger partial charge in [-0.25, -0.2) is 4.79 Å². The average Bonchev–Trinajstić information content (AvgIpc) is 3.33. The number of Topliss-reactive ketones (excluding diaryl/α,β-unsaturated/α-hetero) is 1. The Labute approximate surface area is 229 Å². The van der Waals surface area contributed by atoms with Gasteiger partial charge in [-0.15, -0.1) is 0 Å². The SMILES string of the molecule is O=C(O)c1ccc(C(=O)NC(Cc2c[nH]c3ccccc23)C(=O)CCc2cc(C(F)(F)F)cc(C(F)(F)F)c2)cc1. The fourth-order valence-electron chi connectivity index (χ4n) is 4.38. The molecule has 6 nitrogen and oxygen atoms in total. The molecule has 0 saturated heterocycles. The fourth-order valence-corrected chi connectivity index (χ4v) is 4.38. The Morgan fingerprint density at radius 1 is 0.829 bits per heavy atom. The number of H-pyrrole nitrogens is 1. The number of carboxylic acids is 1. The molecule has 41 heavy (non-hydrogen) atoms. The number of halogens is 6. The first kappa shape index (κ1) is 29.4. The van der Waals surface area contributed by atoms with Gasteiger partial charge in [0.15, 0.2) is 5.78 Å². The average molecular weight is 576 g/mol. The van der Waals surface area contributed by atoms with Crippen LogP contribution < -0.4 is 5.32 Å². The summed E-state index contributed by atoms with van der Waals surface area (Å²) in [6.45, 7) is 0. The van der Waals surface area contributed by atoms with Gasteiger partial charge in [0.2, 0.25) is 0 Å². The summed E-state index contributed by atoms with van der Waals surface area (Å²) in [5, 5.41) is 12.4. The summed E-state index contributed by atoms with van der Waals surface area (Å²) in [5.41, 5.74) is -1.90. The second-order valence-corrected chi connectivity index (χ2v) is 9.35. The van der Waals surface area contributed by atoms with Crippen molar-refractivity contribution in [2.45, 2.75) is 37.7 Å². The number of aromatic amines is 1. The van der Waals surface area contributed by atoms with Crippen molar-refractivity contribution in [2.24, 2.45) is 0 Å². The maximum atomic E-state index is 13.3. The minimum absolute atomic E-state index is 0.0149. The van der Waals surface area contributed by atoms with E-state index in [1.165, 1.54) is 24.3 Å². The third-order valence-electron chi connectivity index (χ3n) is 6.49. The van der Waals surface area contributed by atoms with Gasteiger partial charge in [0.05, 0.1) is 22.7 Å². The molecule has 1 aromatic heterocycles. The zero-order chi connectivity index (χ0) is 29.9. The van der Waals surface area contributed by atoms with Crippen molar-refractivity contribution >= 4 is 28.6 Å². The van der Waals surface area contributed by atoms with E-state index in [1.54, 1.807) is 30.5 Å². The molecule has 1 heterocycles. The van der Waals surface area contributed by atoms with Crippen LogP contribution in [0.5, 0.6) is 0 Å². The first-order valence-electron chi connectivity index (χ1n) is 12.2. The molecule has 0 saturated carbocycles. The zero-order valence-corrected chi connectivity index (χ0v) is 21.1. The summed E-state index contributed by atoms with van der Waals surface area (Å²) < 4.78 is 79.6. The Hall–Kier alpha value is -4.61. The Morgan fingerprint density at radius 3 is 2.00 bits per heavy atom. The van der Waals surface area contributed by atoms with Gasteiger partial charge >= 0.3 is 18.3 Å². The quantitative estimate of drug-likeness (QED) is 0.200. The van der Waals surface area contributed by atoms with Gasteiger partial charge in [-0.3, -0.25) is 9.59 Å². The molecule has 0 aliphatic heterocycles. The van der Waals surface area contributed by atoms with Crippen LogP contribution in [0.25, 0.3) is 10.9 Å². The minimum Gasteiger partial charge on any atom is -0.478 e. The second-order valence-electron chi connectivity index (χ2n) is 9.35. The number of carboxylic acid groups (broad SMARTS) is 1. The van der Waals surface area contributed by atoms with Gasteiger partial charge < -0.3 is 15.4 Å². The zero-order valence-electron chi connectivity index (χ0n) is 21.1. The number of amides is 1. The van der Waals surface area contributed by atoms with E-state index in [1.807, 2.05) is 0 Å². The third-order valence-corrected chi connectivity index (χ3v) is 6.49. The van der Waals surface area contributed by atoms with Crippen LogP contribution in [-0.4, -0.2) is 33.8 Å². The molecule has 0 aliphatic carbocycles. The van der Waals surface area contributed by atoms with Crippen molar-refractivity contribution in [3.63, 3.8) is 0 Å². The number of aromatic carboxylic acids is 1. The lowest BCUT2D eigenvalue weighted by Gasteiger charge is -2.19. The molecule has 4 rings (SSSR count). The number of para-hydroxylation sites is 1. The van der Waals surface area contributed by atoms with Crippen LogP contribution in [0.4, 0.5) is 26.3 Å². The largest absolute Gasteiger partial charge is 0.478 e. The Kier molecular flexibility index (Phi) is 8.22. The summed E-state index contributed by atoms with van der Waals surface area (Å²) in [6, 6.07) is 12.0. The number of hydrogen-bond donors (Lipinski definition) is 3. The van der Waals surface area contributed by atoms with E-state index < -0.39 is 60.0 Å². The first-order chi connectivity index (χ1) is 19.2. The van der Waals surface area contributed by atoms with Gasteiger partial charge in [-0.05, 0) is 66.1 Å². The molecule has 214 valence electrons. The minimum atomic E-state index is -5.03. The predicted molar refractivity (Wildman–Crippen MR) is 136 cm³/mol. The van der Waals surface area contributed by atoms with Crippen LogP contribution in [0.3, 0.4) is 0 Å². The number of alkyl halides is 6. The number of aryl methyl sites for hydroxylation is 1. The molecule has 3 N–H and O–H groups in total. The molecule has 1 amide bonds. The number of nitrogens with one attached hydrogen (secondary N) is 2. The normalized spacial score (nSPS) is 12.7. The Morgan fingerprint density at radius 2 is 1.41 bits per heavy atom. The molecule has 1 unspecified atom stereocenters. The van der Waals surface area contributed by atoms with Gasteiger partial charge in [-0.2, -0.15) is 26.3 Å². The standard InChI is InChI=1S/C29H22F6N2O4/c30-28(31,32)20-11-16(12-21(14-20)29(33,34)35)5-10-25(38)24(13-19-15-36-23-4-2-1-3-22(19)23)37-26(39)17-6-8-18(9-7-17)27(40)41/h1-4,6-9,11-12,14-15,24,36H,5,10,13H2,(H,37,39)(H,40,41). The summed E-state index contributed by atoms with van der Waals surface area (Å²) in [5.74, 6) is -2.53. The second kappa shape index (κ2) is 11.5. The highest BCUT2D eigenvalue weighted by molar-refractivity contribution is 5.99. The topological polar surface area (TPSA) is 99.3 Å². The van der Waals surface area contributed by atoms with E-state index in [4.69, 9.17) is 5.11 Å². The van der Waals surface area contributed by atoms with E-state index in [0.717, 1.165) is 10.9 Å². The number of ketones is 1. The Bertz CT molecular complexity index is 1560. The van der Waals surface area contributed by atoms with E-state index in [-0.39, 0.29) is 29.2 Å². The highest BCUT2D eigenvalue weighted by Gasteiger charge is 2.37. The lowest BCUT2D eigenvalue weighted by molar-refractivity contribution is -0.143. The Balaban J connectivity index is 1.59. The summed E-state index contributed by atoms with van der Waals surface area (Å²) in [6.07, 6.45) is -9.31. The molecule has 0 radical (unpaired) electrons.